The van der Waals surface area contributed by atoms with Gasteiger partial charge in [-0.15, -0.1) is 0 Å². The third kappa shape index (κ3) is 4.53. The molecule has 0 radical (unpaired) electrons. The van der Waals surface area contributed by atoms with Crippen LogP contribution in [0, 0.1) is 5.92 Å². The molecular weight excluding hydrogens is 268 g/mol. The summed E-state index contributed by atoms with van der Waals surface area (Å²) < 4.78 is 26.3. The minimum absolute atomic E-state index is 0.0393. The Labute approximate surface area is 112 Å². The van der Waals surface area contributed by atoms with Crippen LogP contribution in [-0.4, -0.2) is 25.5 Å². The highest BCUT2D eigenvalue weighted by Gasteiger charge is 2.26. The lowest BCUT2D eigenvalue weighted by Crippen LogP contribution is -2.41. The van der Waals surface area contributed by atoms with Crippen molar-refractivity contribution in [1.29, 1.82) is 0 Å². The van der Waals surface area contributed by atoms with E-state index in [1.165, 1.54) is 18.2 Å². The molecule has 6 nitrogen and oxygen atoms in total. The van der Waals surface area contributed by atoms with Crippen LogP contribution in [-0.2, 0) is 14.8 Å². The molecule has 19 heavy (non-hydrogen) atoms. The highest BCUT2D eigenvalue weighted by molar-refractivity contribution is 7.89. The number of carbonyl (C=O) groups is 1. The van der Waals surface area contributed by atoms with Gasteiger partial charge in [-0.3, -0.25) is 4.79 Å². The summed E-state index contributed by atoms with van der Waals surface area (Å²) in [4.78, 5) is 11.0. The number of nitrogen functional groups attached to an aromatic ring is 1. The molecule has 0 aliphatic carbocycles. The molecule has 0 unspecified atom stereocenters. The van der Waals surface area contributed by atoms with Crippen LogP contribution in [0.4, 0.5) is 5.69 Å². The predicted octanol–water partition coefficient (Wildman–Crippen LogP) is 1.05. The summed E-state index contributed by atoms with van der Waals surface area (Å²) in [6.45, 7) is 3.65. The van der Waals surface area contributed by atoms with Crippen LogP contribution in [0.2, 0.25) is 0 Å². The monoisotopic (exact) mass is 286 g/mol. The maximum absolute atomic E-state index is 12.1. The smallest absolute Gasteiger partial charge is 0.321 e. The minimum Gasteiger partial charge on any atom is -0.480 e. The van der Waals surface area contributed by atoms with E-state index in [1.54, 1.807) is 6.07 Å². The van der Waals surface area contributed by atoms with Crippen molar-refractivity contribution >= 4 is 21.7 Å². The largest absolute Gasteiger partial charge is 0.480 e. The number of carboxylic acids is 1. The van der Waals surface area contributed by atoms with Crippen LogP contribution >= 0.6 is 0 Å². The van der Waals surface area contributed by atoms with Crippen molar-refractivity contribution in [1.82, 2.24) is 4.72 Å². The summed E-state index contributed by atoms with van der Waals surface area (Å²) in [7, 11) is -3.88. The van der Waals surface area contributed by atoms with Gasteiger partial charge >= 0.3 is 5.97 Å². The Morgan fingerprint density at radius 1 is 1.42 bits per heavy atom. The number of anilines is 1. The Kier molecular flexibility index (Phi) is 4.90. The molecule has 1 aromatic carbocycles. The molecule has 0 fully saturated rings. The van der Waals surface area contributed by atoms with Crippen molar-refractivity contribution < 1.29 is 18.3 Å². The normalized spacial score (nSPS) is 13.4. The van der Waals surface area contributed by atoms with Gasteiger partial charge < -0.3 is 10.8 Å². The van der Waals surface area contributed by atoms with Crippen LogP contribution in [0.3, 0.4) is 0 Å². The van der Waals surface area contributed by atoms with Crippen LogP contribution in [0.1, 0.15) is 20.3 Å². The molecule has 7 heteroatoms. The summed E-state index contributed by atoms with van der Waals surface area (Å²) in [6.07, 6.45) is 0.219. The number of sulfonamides is 1. The molecule has 106 valence electrons. The molecule has 1 rings (SSSR count). The second-order valence-electron chi connectivity index (χ2n) is 4.71. The van der Waals surface area contributed by atoms with Gasteiger partial charge in [0.15, 0.2) is 0 Å². The molecule has 0 amide bonds. The van der Waals surface area contributed by atoms with Gasteiger partial charge in [0.1, 0.15) is 6.04 Å². The van der Waals surface area contributed by atoms with E-state index >= 15 is 0 Å². The fourth-order valence-electron chi connectivity index (χ4n) is 1.61. The summed E-state index contributed by atoms with van der Waals surface area (Å²) in [5.41, 5.74) is 5.82. The van der Waals surface area contributed by atoms with E-state index in [-0.39, 0.29) is 17.2 Å². The number of nitrogens with one attached hydrogen (secondary N) is 1. The molecule has 0 aromatic heterocycles. The van der Waals surface area contributed by atoms with Gasteiger partial charge in [-0.05, 0) is 30.5 Å². The third-order valence-electron chi connectivity index (χ3n) is 2.47. The molecule has 0 bridgehead atoms. The number of benzene rings is 1. The molecule has 4 N–H and O–H groups in total. The lowest BCUT2D eigenvalue weighted by Gasteiger charge is -2.16. The Balaban J connectivity index is 2.97. The van der Waals surface area contributed by atoms with Crippen molar-refractivity contribution in [3.63, 3.8) is 0 Å². The van der Waals surface area contributed by atoms with E-state index in [2.05, 4.69) is 4.72 Å². The molecule has 0 heterocycles. The van der Waals surface area contributed by atoms with E-state index in [9.17, 15) is 13.2 Å². The topological polar surface area (TPSA) is 109 Å². The molecule has 0 saturated carbocycles. The average Bonchev–Trinajstić information content (AvgIpc) is 2.27. The maximum Gasteiger partial charge on any atom is 0.321 e. The number of carboxylic acid groups (broad SMARTS) is 1. The third-order valence-corrected chi connectivity index (χ3v) is 3.94. The zero-order valence-electron chi connectivity index (χ0n) is 10.8. The summed E-state index contributed by atoms with van der Waals surface area (Å²) in [5, 5.41) is 9.04. The quantitative estimate of drug-likeness (QED) is 0.677. The first kappa shape index (κ1) is 15.5. The Hall–Kier alpha value is -1.60. The molecule has 1 atom stereocenters. The second-order valence-corrected chi connectivity index (χ2v) is 6.43. The Morgan fingerprint density at radius 3 is 2.53 bits per heavy atom. The van der Waals surface area contributed by atoms with E-state index in [4.69, 9.17) is 10.8 Å². The summed E-state index contributed by atoms with van der Waals surface area (Å²) in [5.74, 6) is -1.13. The van der Waals surface area contributed by atoms with Gasteiger partial charge in [0.2, 0.25) is 10.0 Å². The minimum atomic E-state index is -3.88. The first-order valence-corrected chi connectivity index (χ1v) is 7.31. The first-order valence-electron chi connectivity index (χ1n) is 5.83. The van der Waals surface area contributed by atoms with Gasteiger partial charge in [-0.2, -0.15) is 4.72 Å². The van der Waals surface area contributed by atoms with Crippen LogP contribution in [0.25, 0.3) is 0 Å². The number of aliphatic carboxylic acids is 1. The molecular formula is C12H18N2O4S. The molecule has 0 spiro atoms. The van der Waals surface area contributed by atoms with Gasteiger partial charge in [0.05, 0.1) is 4.90 Å². The number of rotatable bonds is 6. The standard InChI is InChI=1S/C12H18N2O4S/c1-8(2)6-11(12(15)16)14-19(17,18)10-5-3-4-9(13)7-10/h3-5,7-8,11,14H,6,13H2,1-2H3,(H,15,16)/t11-/m1/s1. The lowest BCUT2D eigenvalue weighted by molar-refractivity contribution is -0.139. The van der Waals surface area contributed by atoms with Crippen molar-refractivity contribution in [2.45, 2.75) is 31.2 Å². The van der Waals surface area contributed by atoms with Crippen LogP contribution in [0.5, 0.6) is 0 Å². The molecule has 1 aromatic rings. The van der Waals surface area contributed by atoms with E-state index in [0.717, 1.165) is 0 Å². The van der Waals surface area contributed by atoms with Crippen molar-refractivity contribution in [2.75, 3.05) is 5.73 Å². The zero-order chi connectivity index (χ0) is 14.6. The van der Waals surface area contributed by atoms with Crippen molar-refractivity contribution in [3.8, 4) is 0 Å². The second kappa shape index (κ2) is 6.03. The number of hydrogen-bond donors (Lipinski definition) is 3. The number of nitrogens with two attached hydrogens (primary N) is 1. The van der Waals surface area contributed by atoms with Crippen molar-refractivity contribution in [3.05, 3.63) is 24.3 Å². The van der Waals surface area contributed by atoms with Gasteiger partial charge in [0, 0.05) is 5.69 Å². The van der Waals surface area contributed by atoms with Gasteiger partial charge in [-0.1, -0.05) is 19.9 Å². The highest BCUT2D eigenvalue weighted by Crippen LogP contribution is 2.15. The molecule has 0 aliphatic heterocycles. The van der Waals surface area contributed by atoms with Gasteiger partial charge in [-0.25, -0.2) is 8.42 Å². The first-order chi connectivity index (χ1) is 8.72. The van der Waals surface area contributed by atoms with E-state index in [0.29, 0.717) is 5.69 Å². The van der Waals surface area contributed by atoms with Gasteiger partial charge in [0.25, 0.3) is 0 Å². The molecule has 0 saturated heterocycles. The maximum atomic E-state index is 12.1. The number of hydrogen-bond acceptors (Lipinski definition) is 4. The van der Waals surface area contributed by atoms with Crippen LogP contribution < -0.4 is 10.5 Å². The Morgan fingerprint density at radius 2 is 2.05 bits per heavy atom. The molecule has 0 aliphatic rings. The SMILES string of the molecule is CC(C)C[C@@H](NS(=O)(=O)c1cccc(N)c1)C(=O)O. The summed E-state index contributed by atoms with van der Waals surface area (Å²) >= 11 is 0. The van der Waals surface area contributed by atoms with Crippen molar-refractivity contribution in [2.24, 2.45) is 5.92 Å². The highest BCUT2D eigenvalue weighted by atomic mass is 32.2. The summed E-state index contributed by atoms with van der Waals surface area (Å²) in [6, 6.07) is 4.57. The zero-order valence-corrected chi connectivity index (χ0v) is 11.6. The van der Waals surface area contributed by atoms with Crippen LogP contribution in [0.15, 0.2) is 29.2 Å². The van der Waals surface area contributed by atoms with E-state index in [1.807, 2.05) is 13.8 Å². The predicted molar refractivity (Wildman–Crippen MR) is 72.1 cm³/mol. The fraction of sp³-hybridized carbons (Fsp3) is 0.417. The Bertz CT molecular complexity index is 555. The fourth-order valence-corrected chi connectivity index (χ4v) is 2.86. The lowest BCUT2D eigenvalue weighted by atomic mass is 10.1. The average molecular weight is 286 g/mol. The van der Waals surface area contributed by atoms with E-state index < -0.39 is 22.0 Å².